The van der Waals surface area contributed by atoms with Crippen LogP contribution in [0.2, 0.25) is 0 Å². The Bertz CT molecular complexity index is 284. The number of rotatable bonds is 6. The summed E-state index contributed by atoms with van der Waals surface area (Å²) in [6, 6.07) is 10.7. The van der Waals surface area contributed by atoms with E-state index in [9.17, 15) is 5.11 Å². The van der Waals surface area contributed by atoms with Gasteiger partial charge in [-0.25, -0.2) is 0 Å². The summed E-state index contributed by atoms with van der Waals surface area (Å²) in [4.78, 5) is 2.25. The number of nitrogens with zero attached hydrogens (tertiary/aromatic N) is 1. The fourth-order valence-corrected chi connectivity index (χ4v) is 1.98. The van der Waals surface area contributed by atoms with Gasteiger partial charge in [0.2, 0.25) is 0 Å². The molecule has 0 aliphatic rings. The Morgan fingerprint density at radius 2 is 1.81 bits per heavy atom. The molecule has 1 rings (SSSR count). The second kappa shape index (κ2) is 6.66. The highest BCUT2D eigenvalue weighted by molar-refractivity contribution is 5.14. The second-order valence-corrected chi connectivity index (χ2v) is 4.71. The van der Waals surface area contributed by atoms with Gasteiger partial charge in [-0.2, -0.15) is 0 Å². The Morgan fingerprint density at radius 1 is 1.19 bits per heavy atom. The average Bonchev–Trinajstić information content (AvgIpc) is 2.28. The molecule has 1 atom stereocenters. The fourth-order valence-electron chi connectivity index (χ4n) is 1.98. The van der Waals surface area contributed by atoms with Gasteiger partial charge in [-0.1, -0.05) is 44.2 Å². The van der Waals surface area contributed by atoms with Crippen molar-refractivity contribution in [1.82, 2.24) is 4.90 Å². The maximum Gasteiger partial charge on any atom is 0.0589 e. The van der Waals surface area contributed by atoms with Crippen LogP contribution in [0.3, 0.4) is 0 Å². The normalized spacial score (nSPS) is 13.4. The molecule has 0 aromatic heterocycles. The second-order valence-electron chi connectivity index (χ2n) is 4.71. The van der Waals surface area contributed by atoms with Crippen molar-refractivity contribution in [2.24, 2.45) is 5.92 Å². The Labute approximate surface area is 98.9 Å². The number of hydrogen-bond acceptors (Lipinski definition) is 2. The molecule has 1 unspecified atom stereocenters. The molecular formula is C14H23NO. The van der Waals surface area contributed by atoms with E-state index in [0.717, 1.165) is 13.0 Å². The Hall–Kier alpha value is -0.860. The van der Waals surface area contributed by atoms with Crippen molar-refractivity contribution < 1.29 is 5.11 Å². The summed E-state index contributed by atoms with van der Waals surface area (Å²) in [6.45, 7) is 5.54. The van der Waals surface area contributed by atoms with Crippen LogP contribution in [0.15, 0.2) is 30.3 Å². The average molecular weight is 221 g/mol. The first-order chi connectivity index (χ1) is 7.65. The van der Waals surface area contributed by atoms with E-state index in [4.69, 9.17) is 0 Å². The zero-order chi connectivity index (χ0) is 12.0. The van der Waals surface area contributed by atoms with E-state index in [1.807, 2.05) is 6.07 Å². The highest BCUT2D eigenvalue weighted by Gasteiger charge is 2.16. The maximum atomic E-state index is 9.32. The van der Waals surface area contributed by atoms with Gasteiger partial charge in [0, 0.05) is 12.6 Å². The quantitative estimate of drug-likeness (QED) is 0.796. The molecule has 16 heavy (non-hydrogen) atoms. The van der Waals surface area contributed by atoms with Crippen molar-refractivity contribution in [2.75, 3.05) is 20.2 Å². The number of benzene rings is 1. The van der Waals surface area contributed by atoms with E-state index in [1.54, 1.807) is 0 Å². The Kier molecular flexibility index (Phi) is 5.50. The lowest BCUT2D eigenvalue weighted by atomic mass is 10.0. The van der Waals surface area contributed by atoms with E-state index >= 15 is 0 Å². The van der Waals surface area contributed by atoms with Gasteiger partial charge in [0.05, 0.1) is 6.61 Å². The van der Waals surface area contributed by atoms with Gasteiger partial charge in [-0.05, 0) is 24.9 Å². The first kappa shape index (κ1) is 13.2. The monoisotopic (exact) mass is 221 g/mol. The molecule has 0 radical (unpaired) electrons. The first-order valence-corrected chi connectivity index (χ1v) is 6.00. The molecule has 0 aliphatic heterocycles. The molecule has 0 saturated heterocycles. The molecule has 0 saturated carbocycles. The predicted octanol–water partition coefficient (Wildman–Crippen LogP) is 2.18. The fraction of sp³-hybridized carbons (Fsp3) is 0.571. The molecule has 0 spiro atoms. The topological polar surface area (TPSA) is 23.5 Å². The van der Waals surface area contributed by atoms with Crippen LogP contribution >= 0.6 is 0 Å². The minimum atomic E-state index is 0.239. The van der Waals surface area contributed by atoms with Crippen LogP contribution in [0.5, 0.6) is 0 Å². The molecule has 0 fully saturated rings. The standard InChI is InChI=1S/C14H23NO/c1-12(2)14(11-16)15(3)10-9-13-7-5-4-6-8-13/h4-8,12,14,16H,9-11H2,1-3H3. The number of likely N-dealkylation sites (N-methyl/N-ethyl adjacent to an activating group) is 1. The lowest BCUT2D eigenvalue weighted by Gasteiger charge is -2.29. The van der Waals surface area contributed by atoms with Crippen molar-refractivity contribution in [3.63, 3.8) is 0 Å². The van der Waals surface area contributed by atoms with E-state index in [1.165, 1.54) is 5.56 Å². The Balaban J connectivity index is 2.43. The molecule has 0 aliphatic carbocycles. The minimum absolute atomic E-state index is 0.239. The van der Waals surface area contributed by atoms with Crippen LogP contribution in [0.4, 0.5) is 0 Å². The van der Waals surface area contributed by atoms with E-state index in [-0.39, 0.29) is 12.6 Å². The lowest BCUT2D eigenvalue weighted by molar-refractivity contribution is 0.114. The van der Waals surface area contributed by atoms with Gasteiger partial charge in [-0.3, -0.25) is 0 Å². The number of hydrogen-bond donors (Lipinski definition) is 1. The molecule has 1 N–H and O–H groups in total. The number of aliphatic hydroxyl groups excluding tert-OH is 1. The van der Waals surface area contributed by atoms with Crippen LogP contribution < -0.4 is 0 Å². The largest absolute Gasteiger partial charge is 0.395 e. The zero-order valence-electron chi connectivity index (χ0n) is 10.6. The van der Waals surface area contributed by atoms with Crippen molar-refractivity contribution in [3.8, 4) is 0 Å². The van der Waals surface area contributed by atoms with Crippen molar-refractivity contribution in [2.45, 2.75) is 26.3 Å². The lowest BCUT2D eigenvalue weighted by Crippen LogP contribution is -2.39. The van der Waals surface area contributed by atoms with Crippen molar-refractivity contribution in [1.29, 1.82) is 0 Å². The van der Waals surface area contributed by atoms with Crippen LogP contribution in [0, 0.1) is 5.92 Å². The molecule has 1 aromatic rings. The van der Waals surface area contributed by atoms with Gasteiger partial charge in [-0.15, -0.1) is 0 Å². The van der Waals surface area contributed by atoms with E-state index < -0.39 is 0 Å². The minimum Gasteiger partial charge on any atom is -0.395 e. The highest BCUT2D eigenvalue weighted by atomic mass is 16.3. The maximum absolute atomic E-state index is 9.32. The van der Waals surface area contributed by atoms with Crippen LogP contribution in [0.25, 0.3) is 0 Å². The van der Waals surface area contributed by atoms with Crippen molar-refractivity contribution in [3.05, 3.63) is 35.9 Å². The van der Waals surface area contributed by atoms with Crippen LogP contribution in [0.1, 0.15) is 19.4 Å². The third-order valence-electron chi connectivity index (χ3n) is 3.12. The third-order valence-corrected chi connectivity index (χ3v) is 3.12. The predicted molar refractivity (Wildman–Crippen MR) is 68.5 cm³/mol. The summed E-state index contributed by atoms with van der Waals surface area (Å²) in [7, 11) is 2.09. The summed E-state index contributed by atoms with van der Waals surface area (Å²) in [6.07, 6.45) is 1.04. The molecule has 90 valence electrons. The SMILES string of the molecule is CC(C)C(CO)N(C)CCc1ccccc1. The van der Waals surface area contributed by atoms with Crippen LogP contribution in [-0.2, 0) is 6.42 Å². The third kappa shape index (κ3) is 3.95. The molecule has 2 nitrogen and oxygen atoms in total. The summed E-state index contributed by atoms with van der Waals surface area (Å²) in [5, 5.41) is 9.32. The van der Waals surface area contributed by atoms with Crippen LogP contribution in [-0.4, -0.2) is 36.2 Å². The molecule has 0 amide bonds. The summed E-state index contributed by atoms with van der Waals surface area (Å²) in [5.74, 6) is 0.491. The molecule has 2 heteroatoms. The van der Waals surface area contributed by atoms with E-state index in [0.29, 0.717) is 5.92 Å². The van der Waals surface area contributed by atoms with Gasteiger partial charge < -0.3 is 10.0 Å². The van der Waals surface area contributed by atoms with E-state index in [2.05, 4.69) is 50.1 Å². The molecular weight excluding hydrogens is 198 g/mol. The molecule has 0 bridgehead atoms. The first-order valence-electron chi connectivity index (χ1n) is 6.00. The van der Waals surface area contributed by atoms with Gasteiger partial charge >= 0.3 is 0 Å². The summed E-state index contributed by atoms with van der Waals surface area (Å²) in [5.41, 5.74) is 1.36. The summed E-state index contributed by atoms with van der Waals surface area (Å²) < 4.78 is 0. The van der Waals surface area contributed by atoms with Gasteiger partial charge in [0.25, 0.3) is 0 Å². The zero-order valence-corrected chi connectivity index (χ0v) is 10.6. The molecule has 0 heterocycles. The number of aliphatic hydroxyl groups is 1. The highest BCUT2D eigenvalue weighted by Crippen LogP contribution is 2.09. The van der Waals surface area contributed by atoms with Gasteiger partial charge in [0.1, 0.15) is 0 Å². The molecule has 1 aromatic carbocycles. The smallest absolute Gasteiger partial charge is 0.0589 e. The van der Waals surface area contributed by atoms with Crippen molar-refractivity contribution >= 4 is 0 Å². The Morgan fingerprint density at radius 3 is 2.31 bits per heavy atom. The summed E-state index contributed by atoms with van der Waals surface area (Å²) >= 11 is 0. The van der Waals surface area contributed by atoms with Gasteiger partial charge in [0.15, 0.2) is 0 Å².